The minimum absolute atomic E-state index is 0.0334. The predicted octanol–water partition coefficient (Wildman–Crippen LogP) is 2.51. The van der Waals surface area contributed by atoms with Crippen molar-refractivity contribution in [2.45, 2.75) is 66.1 Å². The molecule has 3 aromatic rings. The van der Waals surface area contributed by atoms with Crippen molar-refractivity contribution in [2.75, 3.05) is 44.3 Å². The Hall–Kier alpha value is -3.64. The lowest BCUT2D eigenvalue weighted by Crippen LogP contribution is -2.46. The maximum absolute atomic E-state index is 13.7. The molecule has 1 saturated heterocycles. The van der Waals surface area contributed by atoms with Crippen molar-refractivity contribution in [1.29, 1.82) is 0 Å². The number of hydrogen-bond donors (Lipinski definition) is 4. The monoisotopic (exact) mass is 586 g/mol. The summed E-state index contributed by atoms with van der Waals surface area (Å²) in [7, 11) is 0. The van der Waals surface area contributed by atoms with Crippen molar-refractivity contribution in [3.63, 3.8) is 0 Å². The molecule has 0 bridgehead atoms. The zero-order valence-corrected chi connectivity index (χ0v) is 24.9. The van der Waals surface area contributed by atoms with Gasteiger partial charge in [-0.15, -0.1) is 0 Å². The van der Waals surface area contributed by atoms with E-state index in [-0.39, 0.29) is 34.9 Å². The van der Waals surface area contributed by atoms with Gasteiger partial charge in [0.15, 0.2) is 33.5 Å². The normalized spacial score (nSPS) is 13.5. The number of amides is 2. The molecule has 3 heterocycles. The van der Waals surface area contributed by atoms with E-state index in [0.717, 1.165) is 55.6 Å². The molecule has 1 aliphatic heterocycles. The van der Waals surface area contributed by atoms with Crippen LogP contribution in [0.15, 0.2) is 12.1 Å². The number of ether oxygens (including phenoxy) is 1. The highest BCUT2D eigenvalue weighted by atomic mass is 35.5. The fourth-order valence-electron chi connectivity index (χ4n) is 5.14. The maximum atomic E-state index is 13.7. The van der Waals surface area contributed by atoms with Gasteiger partial charge in [-0.25, -0.2) is 19.1 Å². The SMILES string of the molecule is CCCCCOc1cc2c(cc1C(=O)N1CCNCC1)n(CC)c(CNC(=O)c1nc(Cl)c(N)nc1N)[n+]2CCC. The van der Waals surface area contributed by atoms with Crippen LogP contribution >= 0.6 is 11.6 Å². The number of halogens is 1. The number of benzene rings is 1. The van der Waals surface area contributed by atoms with Crippen LogP contribution in [0.25, 0.3) is 11.0 Å². The van der Waals surface area contributed by atoms with E-state index in [1.807, 2.05) is 24.0 Å². The van der Waals surface area contributed by atoms with Crippen LogP contribution in [0.2, 0.25) is 5.15 Å². The molecule has 12 nitrogen and oxygen atoms in total. The van der Waals surface area contributed by atoms with E-state index >= 15 is 0 Å². The summed E-state index contributed by atoms with van der Waals surface area (Å²) >= 11 is 5.99. The van der Waals surface area contributed by atoms with Crippen molar-refractivity contribution >= 4 is 46.1 Å². The van der Waals surface area contributed by atoms with Gasteiger partial charge in [-0.1, -0.05) is 38.3 Å². The molecule has 4 rings (SSSR count). The lowest BCUT2D eigenvalue weighted by molar-refractivity contribution is -0.680. The van der Waals surface area contributed by atoms with Gasteiger partial charge in [-0.2, -0.15) is 0 Å². The summed E-state index contributed by atoms with van der Waals surface area (Å²) in [4.78, 5) is 36.6. The number of carbonyl (C=O) groups is 2. The van der Waals surface area contributed by atoms with Crippen LogP contribution in [0, 0.1) is 0 Å². The summed E-state index contributed by atoms with van der Waals surface area (Å²) in [5.74, 6) is 0.783. The zero-order chi connectivity index (χ0) is 29.5. The molecular weight excluding hydrogens is 546 g/mol. The Balaban J connectivity index is 1.75. The third-order valence-corrected chi connectivity index (χ3v) is 7.49. The number of aryl methyl sites for hydroxylation is 2. The van der Waals surface area contributed by atoms with Crippen molar-refractivity contribution in [1.82, 2.24) is 30.1 Å². The minimum Gasteiger partial charge on any atom is -0.493 e. The first-order chi connectivity index (χ1) is 19.8. The molecule has 0 atom stereocenters. The second kappa shape index (κ2) is 13.8. The molecule has 0 radical (unpaired) electrons. The second-order valence-electron chi connectivity index (χ2n) is 10.1. The Morgan fingerprint density at radius 3 is 2.54 bits per heavy atom. The first-order valence-electron chi connectivity index (χ1n) is 14.4. The number of nitrogen functional groups attached to an aromatic ring is 2. The lowest BCUT2D eigenvalue weighted by atomic mass is 10.1. The Bertz CT molecular complexity index is 1400. The number of piperazine rings is 1. The fourth-order valence-corrected chi connectivity index (χ4v) is 5.27. The van der Waals surface area contributed by atoms with E-state index < -0.39 is 5.91 Å². The number of fused-ring (bicyclic) bond motifs is 1. The molecule has 1 aromatic carbocycles. The molecule has 0 spiro atoms. The molecule has 2 aromatic heterocycles. The quantitative estimate of drug-likeness (QED) is 0.186. The predicted molar refractivity (Wildman–Crippen MR) is 159 cm³/mol. The highest BCUT2D eigenvalue weighted by molar-refractivity contribution is 6.31. The van der Waals surface area contributed by atoms with Gasteiger partial charge in [0.2, 0.25) is 0 Å². The van der Waals surface area contributed by atoms with Crippen molar-refractivity contribution in [3.05, 3.63) is 34.4 Å². The van der Waals surface area contributed by atoms with Crippen LogP contribution in [-0.4, -0.2) is 64.0 Å². The van der Waals surface area contributed by atoms with Gasteiger partial charge < -0.3 is 31.7 Å². The van der Waals surface area contributed by atoms with Gasteiger partial charge in [-0.3, -0.25) is 9.59 Å². The Morgan fingerprint density at radius 2 is 1.85 bits per heavy atom. The molecule has 1 fully saturated rings. The molecular formula is C28H41ClN9O3+. The first-order valence-corrected chi connectivity index (χ1v) is 14.8. The summed E-state index contributed by atoms with van der Waals surface area (Å²) in [5, 5.41) is 6.14. The van der Waals surface area contributed by atoms with E-state index in [2.05, 4.69) is 43.6 Å². The number of aromatic nitrogens is 4. The largest absolute Gasteiger partial charge is 0.493 e. The fraction of sp³-hybridized carbons (Fsp3) is 0.536. The Morgan fingerprint density at radius 1 is 1.10 bits per heavy atom. The Kier molecular flexibility index (Phi) is 10.2. The number of hydrogen-bond acceptors (Lipinski definition) is 8. The van der Waals surface area contributed by atoms with E-state index in [0.29, 0.717) is 44.1 Å². The van der Waals surface area contributed by atoms with Crippen LogP contribution < -0.4 is 31.4 Å². The van der Waals surface area contributed by atoms with Crippen molar-refractivity contribution in [2.24, 2.45) is 0 Å². The maximum Gasteiger partial charge on any atom is 0.277 e. The molecule has 0 aliphatic carbocycles. The lowest BCUT2D eigenvalue weighted by Gasteiger charge is -2.28. The van der Waals surface area contributed by atoms with Crippen LogP contribution in [0.4, 0.5) is 11.6 Å². The number of nitrogens with two attached hydrogens (primary N) is 2. The first kappa shape index (κ1) is 30.3. The topological polar surface area (TPSA) is 157 Å². The van der Waals surface area contributed by atoms with E-state index in [1.54, 1.807) is 0 Å². The minimum atomic E-state index is -0.512. The number of carbonyl (C=O) groups excluding carboxylic acids is 2. The van der Waals surface area contributed by atoms with Crippen molar-refractivity contribution < 1.29 is 18.9 Å². The molecule has 13 heteroatoms. The number of rotatable bonds is 12. The third-order valence-electron chi connectivity index (χ3n) is 7.21. The molecule has 1 aliphatic rings. The number of unbranched alkanes of at least 4 members (excludes halogenated alkanes) is 2. The molecule has 2 amide bonds. The second-order valence-corrected chi connectivity index (χ2v) is 10.4. The van der Waals surface area contributed by atoms with Crippen LogP contribution in [0.1, 0.15) is 73.1 Å². The summed E-state index contributed by atoms with van der Waals surface area (Å²) in [6, 6.07) is 3.92. The zero-order valence-electron chi connectivity index (χ0n) is 24.1. The number of nitrogens with zero attached hydrogens (tertiary/aromatic N) is 5. The number of imidazole rings is 1. The summed E-state index contributed by atoms with van der Waals surface area (Å²) in [6.07, 6.45) is 3.93. The van der Waals surface area contributed by atoms with Gasteiger partial charge in [0, 0.05) is 38.3 Å². The van der Waals surface area contributed by atoms with Gasteiger partial charge >= 0.3 is 0 Å². The van der Waals surface area contributed by atoms with Crippen LogP contribution in [0.5, 0.6) is 5.75 Å². The van der Waals surface area contributed by atoms with Gasteiger partial charge in [0.1, 0.15) is 12.3 Å². The third kappa shape index (κ3) is 6.65. The van der Waals surface area contributed by atoms with E-state index in [1.165, 1.54) is 0 Å². The van der Waals surface area contributed by atoms with Gasteiger partial charge in [0.05, 0.1) is 25.3 Å². The average Bonchev–Trinajstić information content (AvgIpc) is 3.26. The van der Waals surface area contributed by atoms with Gasteiger partial charge in [0.25, 0.3) is 17.6 Å². The molecule has 0 unspecified atom stereocenters. The smallest absolute Gasteiger partial charge is 0.277 e. The molecule has 6 N–H and O–H groups in total. The standard InChI is InChI=1S/C28H40ClN9O3/c1-4-7-8-14-41-21-16-20-19(15-18(21)28(40)36-12-9-32-10-13-36)37(6-3)22(38(20)11-5-2)17-33-27(39)23-25(30)35-26(31)24(29)34-23/h15-16,32H,4-14,17H2,1-3H3,(H4-,30,31,33,35,39)/p+1. The highest BCUT2D eigenvalue weighted by Crippen LogP contribution is 2.28. The van der Waals surface area contributed by atoms with E-state index in [4.69, 9.17) is 27.8 Å². The summed E-state index contributed by atoms with van der Waals surface area (Å²) < 4.78 is 10.5. The highest BCUT2D eigenvalue weighted by Gasteiger charge is 2.30. The number of nitrogens with one attached hydrogen (secondary N) is 2. The number of anilines is 2. The summed E-state index contributed by atoms with van der Waals surface area (Å²) in [6.45, 7) is 11.2. The molecule has 0 saturated carbocycles. The summed E-state index contributed by atoms with van der Waals surface area (Å²) in [5.41, 5.74) is 13.9. The Labute approximate surface area is 245 Å². The molecule has 222 valence electrons. The van der Waals surface area contributed by atoms with Crippen molar-refractivity contribution in [3.8, 4) is 5.75 Å². The van der Waals surface area contributed by atoms with Crippen LogP contribution in [-0.2, 0) is 19.6 Å². The van der Waals surface area contributed by atoms with Crippen LogP contribution in [0.3, 0.4) is 0 Å². The van der Waals surface area contributed by atoms with E-state index in [9.17, 15) is 9.59 Å². The van der Waals surface area contributed by atoms with Gasteiger partial charge in [-0.05, 0) is 19.8 Å². The molecule has 41 heavy (non-hydrogen) atoms. The average molecular weight is 587 g/mol.